The summed E-state index contributed by atoms with van der Waals surface area (Å²) in [6.07, 6.45) is -17.2. The van der Waals surface area contributed by atoms with Crippen molar-refractivity contribution >= 4 is 5.91 Å². The predicted octanol–water partition coefficient (Wildman–Crippen LogP) is -5.39. The quantitative estimate of drug-likeness (QED) is 0.122. The Hall–Kier alpha value is -1.09. The second-order valence-corrected chi connectivity index (χ2v) is 9.57. The molecule has 0 bridgehead atoms. The summed E-state index contributed by atoms with van der Waals surface area (Å²) >= 11 is 0. The van der Waals surface area contributed by atoms with Crippen LogP contribution in [0, 0.1) is 0 Å². The van der Waals surface area contributed by atoms with Crippen LogP contribution in [0.1, 0.15) is 20.3 Å². The molecule has 3 fully saturated rings. The highest BCUT2D eigenvalue weighted by molar-refractivity contribution is 5.73. The third kappa shape index (κ3) is 7.15. The van der Waals surface area contributed by atoms with Crippen LogP contribution >= 0.6 is 0 Å². The molecule has 10 N–H and O–H groups in total. The van der Waals surface area contributed by atoms with Crippen molar-refractivity contribution in [1.29, 1.82) is 0 Å². The molecule has 0 aromatic rings. The highest BCUT2D eigenvalue weighted by atomic mass is 16.8. The fraction of sp³-hybridized carbons (Fsp3) is 0.955. The molecule has 0 aromatic heterocycles. The molecule has 16 heteroatoms. The van der Waals surface area contributed by atoms with E-state index in [1.165, 1.54) is 13.8 Å². The zero-order chi connectivity index (χ0) is 28.1. The van der Waals surface area contributed by atoms with E-state index in [1.54, 1.807) is 0 Å². The number of aliphatic hydroxyl groups excluding tert-OH is 7. The number of amides is 1. The van der Waals surface area contributed by atoms with E-state index < -0.39 is 105 Å². The van der Waals surface area contributed by atoms with Crippen molar-refractivity contribution in [2.24, 2.45) is 5.73 Å². The monoisotopic (exact) mass is 556 g/mol. The van der Waals surface area contributed by atoms with E-state index in [0.717, 1.165) is 0 Å². The molecule has 0 spiro atoms. The van der Waals surface area contributed by atoms with Gasteiger partial charge in [0.1, 0.15) is 54.9 Å². The average molecular weight is 557 g/mol. The molecule has 0 saturated carbocycles. The minimum absolute atomic E-state index is 0.0132. The first-order valence-corrected chi connectivity index (χ1v) is 12.5. The second kappa shape index (κ2) is 14.0. The molecule has 14 atom stereocenters. The standard InChI is InChI=1S/C22H40N2O14/c1-8-15(29)10(28)5-13(34-8)37-20-19(17(31)12(7-26)36-22(20)33-4-3-23)38-21-14(24-9(2)27)18(32)16(30)11(6-25)35-21/h8,10-22,25-26,28-32H,3-7,23H2,1-2H3,(H,24,27)/t8?,10?,11?,12?,13-,14?,15+,16-,17-,18?,19?,20?,21+,22+/m0/s1. The van der Waals surface area contributed by atoms with Gasteiger partial charge in [-0.1, -0.05) is 0 Å². The Balaban J connectivity index is 1.92. The zero-order valence-electron chi connectivity index (χ0n) is 21.2. The van der Waals surface area contributed by atoms with Crippen LogP contribution in [0.2, 0.25) is 0 Å². The topological polar surface area (TPSA) is 252 Å². The van der Waals surface area contributed by atoms with Gasteiger partial charge in [-0.05, 0) is 6.92 Å². The lowest BCUT2D eigenvalue weighted by Crippen LogP contribution is -2.68. The zero-order valence-corrected chi connectivity index (χ0v) is 21.2. The van der Waals surface area contributed by atoms with Crippen molar-refractivity contribution in [2.45, 2.75) is 106 Å². The van der Waals surface area contributed by atoms with Gasteiger partial charge >= 0.3 is 0 Å². The average Bonchev–Trinajstić information content (AvgIpc) is 2.87. The molecule has 3 saturated heterocycles. The normalized spacial score (nSPS) is 46.1. The molecule has 1 amide bonds. The number of nitrogens with two attached hydrogens (primary N) is 1. The minimum Gasteiger partial charge on any atom is -0.394 e. The van der Waals surface area contributed by atoms with Gasteiger partial charge in [0, 0.05) is 19.9 Å². The fourth-order valence-corrected chi connectivity index (χ4v) is 4.69. The fourth-order valence-electron chi connectivity index (χ4n) is 4.69. The summed E-state index contributed by atoms with van der Waals surface area (Å²) in [5.41, 5.74) is 5.56. The van der Waals surface area contributed by atoms with E-state index in [2.05, 4.69) is 5.32 Å². The lowest BCUT2D eigenvalue weighted by atomic mass is 9.95. The Morgan fingerprint density at radius 1 is 0.895 bits per heavy atom. The van der Waals surface area contributed by atoms with Gasteiger partial charge in [0.05, 0.1) is 32.0 Å². The van der Waals surface area contributed by atoms with Gasteiger partial charge in [-0.2, -0.15) is 0 Å². The second-order valence-electron chi connectivity index (χ2n) is 9.57. The van der Waals surface area contributed by atoms with Crippen molar-refractivity contribution in [3.8, 4) is 0 Å². The van der Waals surface area contributed by atoms with Crippen LogP contribution in [0.25, 0.3) is 0 Å². The van der Waals surface area contributed by atoms with Crippen molar-refractivity contribution in [3.63, 3.8) is 0 Å². The first kappa shape index (κ1) is 31.4. The van der Waals surface area contributed by atoms with Crippen LogP contribution in [0.3, 0.4) is 0 Å². The molecule has 3 aliphatic rings. The highest BCUT2D eigenvalue weighted by Crippen LogP contribution is 2.33. The molecule has 16 nitrogen and oxygen atoms in total. The summed E-state index contributed by atoms with van der Waals surface area (Å²) in [5, 5.41) is 74.1. The van der Waals surface area contributed by atoms with E-state index in [1.807, 2.05) is 0 Å². The molecule has 3 heterocycles. The molecule has 0 aliphatic carbocycles. The molecular formula is C22H40N2O14. The number of hydrogen-bond acceptors (Lipinski definition) is 15. The van der Waals surface area contributed by atoms with E-state index in [4.69, 9.17) is 34.2 Å². The molecule has 0 aromatic carbocycles. The third-order valence-corrected chi connectivity index (χ3v) is 6.72. The van der Waals surface area contributed by atoms with Crippen molar-refractivity contribution < 1.29 is 69.0 Å². The molecule has 3 rings (SSSR count). The summed E-state index contributed by atoms with van der Waals surface area (Å²) in [4.78, 5) is 11.8. The number of ether oxygens (including phenoxy) is 6. The van der Waals surface area contributed by atoms with Gasteiger partial charge in [-0.15, -0.1) is 0 Å². The smallest absolute Gasteiger partial charge is 0.217 e. The Morgan fingerprint density at radius 2 is 1.53 bits per heavy atom. The summed E-state index contributed by atoms with van der Waals surface area (Å²) in [5.74, 6) is -0.587. The SMILES string of the molecule is CC(=O)NC1C(O)[C@@H](O)C(CO)O[C@@H]1OC1C(O[C@H]2CC(O)[C@H](O)C(C)O2)[C@H](OCCN)OC(CO)[C@@H]1O. The summed E-state index contributed by atoms with van der Waals surface area (Å²) in [6, 6.07) is -1.33. The van der Waals surface area contributed by atoms with Gasteiger partial charge in [-0.25, -0.2) is 0 Å². The van der Waals surface area contributed by atoms with E-state index in [9.17, 15) is 40.5 Å². The van der Waals surface area contributed by atoms with Crippen LogP contribution in [-0.4, -0.2) is 154 Å². The summed E-state index contributed by atoms with van der Waals surface area (Å²) in [6.45, 7) is 1.42. The predicted molar refractivity (Wildman–Crippen MR) is 123 cm³/mol. The van der Waals surface area contributed by atoms with Gasteiger partial charge in [0.15, 0.2) is 18.9 Å². The molecular weight excluding hydrogens is 516 g/mol. The summed E-state index contributed by atoms with van der Waals surface area (Å²) in [7, 11) is 0. The van der Waals surface area contributed by atoms with Crippen molar-refractivity contribution in [3.05, 3.63) is 0 Å². The maximum Gasteiger partial charge on any atom is 0.217 e. The number of rotatable bonds is 10. The first-order chi connectivity index (χ1) is 18.0. The van der Waals surface area contributed by atoms with Gasteiger partial charge in [-0.3, -0.25) is 4.79 Å². The Morgan fingerprint density at radius 3 is 2.11 bits per heavy atom. The number of carbonyl (C=O) groups is 1. The summed E-state index contributed by atoms with van der Waals surface area (Å²) < 4.78 is 34.6. The highest BCUT2D eigenvalue weighted by Gasteiger charge is 2.53. The maximum atomic E-state index is 11.8. The van der Waals surface area contributed by atoms with Gasteiger partial charge in [0.2, 0.25) is 5.91 Å². The Bertz CT molecular complexity index is 739. The van der Waals surface area contributed by atoms with Crippen LogP contribution in [0.5, 0.6) is 0 Å². The minimum atomic E-state index is -1.62. The Labute approximate surface area is 219 Å². The number of aliphatic hydroxyl groups is 7. The van der Waals surface area contributed by atoms with E-state index in [-0.39, 0.29) is 19.6 Å². The third-order valence-electron chi connectivity index (χ3n) is 6.72. The van der Waals surface area contributed by atoms with E-state index in [0.29, 0.717) is 0 Å². The van der Waals surface area contributed by atoms with Gasteiger partial charge in [0.25, 0.3) is 0 Å². The molecule has 222 valence electrons. The molecule has 38 heavy (non-hydrogen) atoms. The lowest BCUT2D eigenvalue weighted by Gasteiger charge is -2.49. The van der Waals surface area contributed by atoms with Crippen LogP contribution in [-0.2, 0) is 33.2 Å². The number of carbonyl (C=O) groups excluding carboxylic acids is 1. The molecule has 0 radical (unpaired) electrons. The number of hydrogen-bond donors (Lipinski definition) is 9. The maximum absolute atomic E-state index is 11.8. The molecule has 8 unspecified atom stereocenters. The first-order valence-electron chi connectivity index (χ1n) is 12.5. The van der Waals surface area contributed by atoms with Crippen LogP contribution in [0.4, 0.5) is 0 Å². The van der Waals surface area contributed by atoms with Crippen molar-refractivity contribution in [2.75, 3.05) is 26.4 Å². The largest absolute Gasteiger partial charge is 0.394 e. The Kier molecular flexibility index (Phi) is 11.6. The van der Waals surface area contributed by atoms with Crippen molar-refractivity contribution in [1.82, 2.24) is 5.32 Å². The molecule has 3 aliphatic heterocycles. The van der Waals surface area contributed by atoms with Crippen LogP contribution in [0.15, 0.2) is 0 Å². The van der Waals surface area contributed by atoms with Gasteiger partial charge < -0.3 is 75.2 Å². The van der Waals surface area contributed by atoms with Crippen LogP contribution < -0.4 is 11.1 Å². The van der Waals surface area contributed by atoms with E-state index >= 15 is 0 Å². The number of nitrogens with one attached hydrogen (secondary N) is 1. The lowest BCUT2D eigenvalue weighted by molar-refractivity contribution is -0.375.